The number of aromatic nitrogens is 2. The number of nitrogens with one attached hydrogen (secondary N) is 13. The quantitative estimate of drug-likeness (QED) is 0.0124. The summed E-state index contributed by atoms with van der Waals surface area (Å²) in [6, 6.07) is 31.3. The van der Waals surface area contributed by atoms with E-state index in [1.165, 1.54) is 21.1 Å². The molecule has 0 bridgehead atoms. The van der Waals surface area contributed by atoms with Crippen LogP contribution in [0.5, 0.6) is 17.2 Å². The van der Waals surface area contributed by atoms with Crippen molar-refractivity contribution in [1.82, 2.24) is 72.9 Å². The van der Waals surface area contributed by atoms with Crippen molar-refractivity contribution in [2.75, 3.05) is 65.1 Å². The van der Waals surface area contributed by atoms with Crippen LogP contribution >= 0.6 is 21.6 Å². The number of aliphatic hydroxyl groups excluding tert-OH is 1. The first-order chi connectivity index (χ1) is 59.9. The summed E-state index contributed by atoms with van der Waals surface area (Å²) in [6.45, 7) is 0.751. The number of aromatic amines is 2. The van der Waals surface area contributed by atoms with Crippen molar-refractivity contribution in [2.24, 2.45) is 17.2 Å². The number of carbonyl (C=O) groups is 12. The molecule has 37 heteroatoms. The van der Waals surface area contributed by atoms with Gasteiger partial charge in [-0.15, -0.1) is 0 Å². The number of carbonyl (C=O) groups excluding carboxylic acids is 12. The number of H-pyrrole nitrogens is 2. The summed E-state index contributed by atoms with van der Waals surface area (Å²) >= 11 is 0. The van der Waals surface area contributed by atoms with Gasteiger partial charge in [0.2, 0.25) is 64.8 Å². The van der Waals surface area contributed by atoms with Gasteiger partial charge in [-0.2, -0.15) is 0 Å². The number of benzene rings is 6. The first-order valence-electron chi connectivity index (χ1n) is 41.0. The van der Waals surface area contributed by atoms with Gasteiger partial charge >= 0.3 is 12.2 Å². The highest BCUT2D eigenvalue weighted by Crippen LogP contribution is 2.48. The van der Waals surface area contributed by atoms with Crippen molar-refractivity contribution >= 4 is 121 Å². The van der Waals surface area contributed by atoms with Crippen LogP contribution in [0.3, 0.4) is 0 Å². The SMILES string of the molecule is COc1cc(C2c3[nH]c4ccccc4c3CC3COC(=O)N32)cc(OC)c1OC(=O)NCCCC(=O)N[C@H](Cc1ccccc1)C(=O)N[C@@H](CCCNC(=N)N)C(=O)N[C@H]1CSSCCN(CC(N)=O)C(=O)[C@H](Cc2ccccc2)NC(=O)[C@H]([C@@H](C)O)NC(=O)[C@H](CCCCN)NC(=O)[C@@H](Cc2c[nH]c3ccccc23)NC(=O)[C@H](Cc2ccccc2)NC1=O. The molecule has 2 saturated heterocycles. The van der Waals surface area contributed by atoms with E-state index in [1.54, 1.807) is 120 Å². The number of methoxy groups -OCH3 is 2. The molecule has 11 rings (SSSR count). The molecular formula is C87H106N18O17S2. The Morgan fingerprint density at radius 1 is 0.645 bits per heavy atom. The predicted octanol–water partition coefficient (Wildman–Crippen LogP) is 3.33. The summed E-state index contributed by atoms with van der Waals surface area (Å²) in [5.74, 6) is -9.16. The van der Waals surface area contributed by atoms with Crippen LogP contribution in [-0.4, -0.2) is 228 Å². The molecular weight excluding hydrogens is 1630 g/mol. The van der Waals surface area contributed by atoms with Crippen LogP contribution in [0.1, 0.15) is 97.0 Å². The molecule has 12 amide bonds. The molecule has 2 aromatic heterocycles. The fourth-order valence-corrected chi connectivity index (χ4v) is 17.4. The Kier molecular flexibility index (Phi) is 33.2. The number of nitrogens with zero attached hydrogens (tertiary/aromatic N) is 2. The van der Waals surface area contributed by atoms with Gasteiger partial charge < -0.3 is 109 Å². The van der Waals surface area contributed by atoms with Crippen molar-refractivity contribution in [3.8, 4) is 17.2 Å². The zero-order valence-corrected chi connectivity index (χ0v) is 70.6. The monoisotopic (exact) mass is 1740 g/mol. The topological polar surface area (TPSA) is 522 Å². The van der Waals surface area contributed by atoms with E-state index in [2.05, 4.69) is 63.1 Å². The number of guanidine groups is 1. The van der Waals surface area contributed by atoms with Gasteiger partial charge in [-0.05, 0) is 116 Å². The van der Waals surface area contributed by atoms with E-state index in [4.69, 9.17) is 41.6 Å². The minimum Gasteiger partial charge on any atom is -0.493 e. The second kappa shape index (κ2) is 44.8. The third-order valence-electron chi connectivity index (χ3n) is 21.5. The Balaban J connectivity index is 0.847. The molecule has 2 unspecified atom stereocenters. The standard InChI is InChI=1S/C87H106N18O17S2/c1-50(106)73-83(115)101-67(41-53-25-11-6-12-26-53)84(116)104(47-71(89)107)37-38-123-124-49-68(82(114)99-65(40-52-23-9-5-10-24-52)80(112)100-66(42-55-46-94-60-29-15-13-27-57(55)60)81(113)97-62(78(110)103-73)31-17-18-34-88)102-77(109)63(32-19-35-92-85(90)91)98-79(111)64(39-51-21-7-4-8-22-51)95-72(108)33-20-36-93-86(117)122-76-69(119-2)43-54(44-70(76)120-3)75-74-59(45-56-48-121-87(118)105(56)75)58-28-14-16-30-61(58)96-74/h4-16,21-30,43-44,46,50,56,62-68,73,75,94,96,106H,17-20,31-42,45,47-49,88H2,1-3H3,(H2,89,107)(H,93,117)(H,95,108)(H,97,113)(H,98,111)(H,99,114)(H,100,112)(H,101,115)(H,102,109)(H,103,110)(H4,90,91,92)/t50-,56?,62+,63+,64-,65+,66-,67+,68+,73+,75?/m1/s1. The molecule has 3 aliphatic rings. The summed E-state index contributed by atoms with van der Waals surface area (Å²) in [5, 5.41) is 48.4. The third-order valence-corrected chi connectivity index (χ3v) is 23.9. The highest BCUT2D eigenvalue weighted by Gasteiger charge is 2.47. The van der Waals surface area contributed by atoms with Crippen LogP contribution in [0, 0.1) is 5.41 Å². The molecule has 35 nitrogen and oxygen atoms in total. The molecule has 20 N–H and O–H groups in total. The van der Waals surface area contributed by atoms with Crippen LogP contribution in [0.4, 0.5) is 9.59 Å². The Morgan fingerprint density at radius 3 is 1.90 bits per heavy atom. The van der Waals surface area contributed by atoms with Crippen LogP contribution < -0.4 is 84.6 Å². The molecule has 0 aliphatic carbocycles. The van der Waals surface area contributed by atoms with Gasteiger partial charge in [0.25, 0.3) is 0 Å². The zero-order valence-electron chi connectivity index (χ0n) is 68.9. The molecule has 11 atom stereocenters. The van der Waals surface area contributed by atoms with E-state index in [9.17, 15) is 38.7 Å². The molecule has 0 spiro atoms. The van der Waals surface area contributed by atoms with E-state index >= 15 is 24.0 Å². The largest absolute Gasteiger partial charge is 0.493 e. The molecule has 658 valence electrons. The summed E-state index contributed by atoms with van der Waals surface area (Å²) in [4.78, 5) is 185. The predicted molar refractivity (Wildman–Crippen MR) is 466 cm³/mol. The zero-order chi connectivity index (χ0) is 88.3. The maximum absolute atomic E-state index is 15.5. The number of hydrogen-bond acceptors (Lipinski definition) is 21. The number of fused-ring (bicyclic) bond motifs is 5. The first-order valence-corrected chi connectivity index (χ1v) is 43.5. The Labute approximate surface area is 723 Å². The molecule has 2 fully saturated rings. The number of hydrogen-bond donors (Lipinski definition) is 17. The lowest BCUT2D eigenvalue weighted by Crippen LogP contribution is -2.62. The molecule has 0 radical (unpaired) electrons. The van der Waals surface area contributed by atoms with Crippen molar-refractivity contribution in [3.63, 3.8) is 0 Å². The Bertz CT molecular complexity index is 5080. The van der Waals surface area contributed by atoms with Crippen LogP contribution in [-0.2, 0) is 84.8 Å². The number of para-hydroxylation sites is 2. The Hall–Kier alpha value is -12.9. The summed E-state index contributed by atoms with van der Waals surface area (Å²) in [6.07, 6.45) is -1.07. The van der Waals surface area contributed by atoms with Crippen LogP contribution in [0.25, 0.3) is 21.8 Å². The fraction of sp³-hybridized carbons (Fsp3) is 0.391. The van der Waals surface area contributed by atoms with Crippen molar-refractivity contribution in [2.45, 2.75) is 150 Å². The van der Waals surface area contributed by atoms with Gasteiger partial charge in [0.15, 0.2) is 17.5 Å². The highest BCUT2D eigenvalue weighted by molar-refractivity contribution is 8.76. The van der Waals surface area contributed by atoms with Crippen LogP contribution in [0.2, 0.25) is 0 Å². The van der Waals surface area contributed by atoms with E-state index in [-0.39, 0.29) is 138 Å². The minimum absolute atomic E-state index is 0.0194. The molecule has 5 heterocycles. The van der Waals surface area contributed by atoms with E-state index in [0.29, 0.717) is 51.6 Å². The number of unbranched alkanes of at least 4 members (excludes halogenated alkanes) is 1. The number of aliphatic hydroxyl groups is 1. The second-order valence-corrected chi connectivity index (χ2v) is 33.1. The van der Waals surface area contributed by atoms with E-state index in [1.807, 2.05) is 42.5 Å². The fourth-order valence-electron chi connectivity index (χ4n) is 15.2. The number of cyclic esters (lactones) is 1. The van der Waals surface area contributed by atoms with Gasteiger partial charge in [0, 0.05) is 96.9 Å². The van der Waals surface area contributed by atoms with E-state index in [0.717, 1.165) is 48.6 Å². The van der Waals surface area contributed by atoms with Gasteiger partial charge in [0.1, 0.15) is 61.0 Å². The Morgan fingerprint density at radius 2 is 1.24 bits per heavy atom. The van der Waals surface area contributed by atoms with Crippen molar-refractivity contribution in [1.29, 1.82) is 5.41 Å². The lowest BCUT2D eigenvalue weighted by atomic mass is 9.89. The van der Waals surface area contributed by atoms with Crippen LogP contribution in [0.15, 0.2) is 158 Å². The summed E-state index contributed by atoms with van der Waals surface area (Å²) in [7, 11) is 4.93. The van der Waals surface area contributed by atoms with Gasteiger partial charge in [-0.3, -0.25) is 58.3 Å². The third kappa shape index (κ3) is 25.0. The average Bonchev–Trinajstić information content (AvgIpc) is 1.57. The normalized spacial score (nSPS) is 20.1. The smallest absolute Gasteiger partial charge is 0.412 e. The van der Waals surface area contributed by atoms with Crippen molar-refractivity contribution < 1.29 is 81.6 Å². The molecule has 3 aliphatic heterocycles. The number of nitrogens with two attached hydrogens (primary N) is 3. The van der Waals surface area contributed by atoms with Gasteiger partial charge in [-0.1, -0.05) is 149 Å². The summed E-state index contributed by atoms with van der Waals surface area (Å²) in [5.41, 5.74) is 23.7. The lowest BCUT2D eigenvalue weighted by molar-refractivity contribution is -0.140. The van der Waals surface area contributed by atoms with Crippen molar-refractivity contribution in [3.05, 3.63) is 197 Å². The maximum atomic E-state index is 15.5. The number of ether oxygens (including phenoxy) is 4. The molecule has 8 aromatic rings. The lowest BCUT2D eigenvalue weighted by Gasteiger charge is -2.36. The van der Waals surface area contributed by atoms with Gasteiger partial charge in [0.05, 0.1) is 32.9 Å². The highest BCUT2D eigenvalue weighted by atomic mass is 33.1. The van der Waals surface area contributed by atoms with Gasteiger partial charge in [-0.25, -0.2) is 9.59 Å². The first kappa shape index (κ1) is 91.9. The molecule has 124 heavy (non-hydrogen) atoms. The number of rotatable bonds is 32. The molecule has 0 saturated carbocycles. The maximum Gasteiger partial charge on any atom is 0.412 e. The minimum atomic E-state index is -1.73. The number of primary amides is 1. The van der Waals surface area contributed by atoms with E-state index < -0.39 is 138 Å². The second-order valence-electron chi connectivity index (χ2n) is 30.4. The number of amides is 12. The summed E-state index contributed by atoms with van der Waals surface area (Å²) < 4.78 is 22.9. The molecule has 6 aromatic carbocycles. The average molecular weight is 1740 g/mol.